The number of H-pyrrole nitrogens is 2. The van der Waals surface area contributed by atoms with Crippen molar-refractivity contribution in [3.8, 4) is 0 Å². The minimum Gasteiger partial charge on any atom is -0.358 e. The van der Waals surface area contributed by atoms with Crippen LogP contribution in [0.3, 0.4) is 0 Å². The van der Waals surface area contributed by atoms with Gasteiger partial charge in [-0.25, -0.2) is 4.79 Å². The van der Waals surface area contributed by atoms with E-state index in [9.17, 15) is 4.79 Å². The SMILES string of the molecule is O=c1[nH]c2cc(Br)c(NC(=S)NCc3ccccc3)cc2[nH]1. The fourth-order valence-electron chi connectivity index (χ4n) is 2.10. The number of halogens is 1. The van der Waals surface area contributed by atoms with Crippen LogP contribution in [-0.2, 0) is 6.54 Å². The van der Waals surface area contributed by atoms with Crippen LogP contribution in [0.2, 0.25) is 0 Å². The Kier molecular flexibility index (Phi) is 4.26. The van der Waals surface area contributed by atoms with Crippen LogP contribution in [0.25, 0.3) is 11.0 Å². The standard InChI is InChI=1S/C15H13BrN4OS/c16-10-6-12-13(19-14(21)18-12)7-11(10)20-15(22)17-8-9-4-2-1-3-5-9/h1-7H,8H2,(H2,17,20,22)(H2,18,19,21). The fraction of sp³-hybridized carbons (Fsp3) is 0.0667. The van der Waals surface area contributed by atoms with E-state index in [1.165, 1.54) is 0 Å². The number of nitrogens with one attached hydrogen (secondary N) is 4. The second kappa shape index (κ2) is 6.33. The molecule has 1 heterocycles. The van der Waals surface area contributed by atoms with E-state index in [1.807, 2.05) is 42.5 Å². The zero-order valence-electron chi connectivity index (χ0n) is 11.4. The largest absolute Gasteiger partial charge is 0.358 e. The first-order valence-electron chi connectivity index (χ1n) is 6.62. The Morgan fingerprint density at radius 2 is 1.82 bits per heavy atom. The summed E-state index contributed by atoms with van der Waals surface area (Å²) in [6, 6.07) is 13.7. The third kappa shape index (κ3) is 3.37. The van der Waals surface area contributed by atoms with Gasteiger partial charge in [0.1, 0.15) is 0 Å². The quantitative estimate of drug-likeness (QED) is 0.530. The van der Waals surface area contributed by atoms with Crippen molar-refractivity contribution in [3.05, 3.63) is 63.0 Å². The number of fused-ring (bicyclic) bond motifs is 1. The van der Waals surface area contributed by atoms with E-state index in [-0.39, 0.29) is 5.69 Å². The van der Waals surface area contributed by atoms with Crippen molar-refractivity contribution >= 4 is 50.0 Å². The molecule has 0 atom stereocenters. The fourth-order valence-corrected chi connectivity index (χ4v) is 2.72. The highest BCUT2D eigenvalue weighted by Gasteiger charge is 2.07. The van der Waals surface area contributed by atoms with Gasteiger partial charge in [-0.15, -0.1) is 0 Å². The van der Waals surface area contributed by atoms with Gasteiger partial charge in [-0.05, 0) is 45.8 Å². The average Bonchev–Trinajstić information content (AvgIpc) is 2.85. The maximum absolute atomic E-state index is 11.3. The molecule has 0 aliphatic heterocycles. The number of anilines is 1. The number of aromatic nitrogens is 2. The van der Waals surface area contributed by atoms with Crippen molar-refractivity contribution < 1.29 is 0 Å². The molecule has 7 heteroatoms. The molecule has 5 nitrogen and oxygen atoms in total. The van der Waals surface area contributed by atoms with Gasteiger partial charge >= 0.3 is 5.69 Å². The van der Waals surface area contributed by atoms with E-state index in [2.05, 4.69) is 36.5 Å². The van der Waals surface area contributed by atoms with E-state index >= 15 is 0 Å². The molecule has 0 spiro atoms. The second-order valence-corrected chi connectivity index (χ2v) is 6.01. The Morgan fingerprint density at radius 3 is 2.55 bits per heavy atom. The van der Waals surface area contributed by atoms with Crippen LogP contribution in [0.15, 0.2) is 51.7 Å². The lowest BCUT2D eigenvalue weighted by Crippen LogP contribution is -2.28. The van der Waals surface area contributed by atoms with Crippen LogP contribution in [-0.4, -0.2) is 15.1 Å². The second-order valence-electron chi connectivity index (χ2n) is 4.75. The Bertz CT molecular complexity index is 872. The van der Waals surface area contributed by atoms with Gasteiger partial charge in [0, 0.05) is 11.0 Å². The highest BCUT2D eigenvalue weighted by molar-refractivity contribution is 9.10. The third-order valence-electron chi connectivity index (χ3n) is 3.15. The van der Waals surface area contributed by atoms with Gasteiger partial charge in [-0.3, -0.25) is 0 Å². The lowest BCUT2D eigenvalue weighted by Gasteiger charge is -2.12. The summed E-state index contributed by atoms with van der Waals surface area (Å²) in [5, 5.41) is 6.78. The van der Waals surface area contributed by atoms with Crippen LogP contribution in [0.1, 0.15) is 5.56 Å². The molecular weight excluding hydrogens is 364 g/mol. The minimum absolute atomic E-state index is 0.233. The highest BCUT2D eigenvalue weighted by Crippen LogP contribution is 2.26. The summed E-state index contributed by atoms with van der Waals surface area (Å²) in [7, 11) is 0. The molecule has 4 N–H and O–H groups in total. The first-order valence-corrected chi connectivity index (χ1v) is 7.82. The van der Waals surface area contributed by atoms with Crippen LogP contribution in [0.4, 0.5) is 5.69 Å². The average molecular weight is 377 g/mol. The molecule has 3 aromatic rings. The number of thiocarbonyl (C=S) groups is 1. The number of aromatic amines is 2. The predicted octanol–water partition coefficient (Wildman–Crippen LogP) is 3.11. The molecule has 0 unspecified atom stereocenters. The molecule has 0 aliphatic carbocycles. The van der Waals surface area contributed by atoms with Crippen molar-refractivity contribution in [2.75, 3.05) is 5.32 Å². The molecule has 3 rings (SSSR count). The van der Waals surface area contributed by atoms with Crippen molar-refractivity contribution in [2.45, 2.75) is 6.54 Å². The molecule has 112 valence electrons. The van der Waals surface area contributed by atoms with Gasteiger partial charge in [0.25, 0.3) is 0 Å². The summed E-state index contributed by atoms with van der Waals surface area (Å²) in [6.07, 6.45) is 0. The van der Waals surface area contributed by atoms with Crippen molar-refractivity contribution in [3.63, 3.8) is 0 Å². The van der Waals surface area contributed by atoms with Gasteiger partial charge in [0.05, 0.1) is 16.7 Å². The van der Waals surface area contributed by atoms with Gasteiger partial charge in [0.2, 0.25) is 0 Å². The van der Waals surface area contributed by atoms with E-state index in [0.717, 1.165) is 26.8 Å². The molecular formula is C15H13BrN4OS. The lowest BCUT2D eigenvalue weighted by molar-refractivity contribution is 0.926. The summed E-state index contributed by atoms with van der Waals surface area (Å²) in [4.78, 5) is 16.7. The summed E-state index contributed by atoms with van der Waals surface area (Å²) >= 11 is 8.77. The first kappa shape index (κ1) is 14.8. The Morgan fingerprint density at radius 1 is 1.14 bits per heavy atom. The molecule has 0 aliphatic rings. The molecule has 0 saturated carbocycles. The molecule has 0 amide bonds. The van der Waals surface area contributed by atoms with Gasteiger partial charge in [0.15, 0.2) is 5.11 Å². The number of rotatable bonds is 3. The maximum Gasteiger partial charge on any atom is 0.323 e. The van der Waals surface area contributed by atoms with E-state index in [4.69, 9.17) is 12.2 Å². The Hall–Kier alpha value is -2.12. The van der Waals surface area contributed by atoms with E-state index in [0.29, 0.717) is 11.7 Å². The number of benzene rings is 2. The molecule has 1 aromatic heterocycles. The summed E-state index contributed by atoms with van der Waals surface area (Å²) in [5.74, 6) is 0. The summed E-state index contributed by atoms with van der Waals surface area (Å²) in [6.45, 7) is 0.646. The first-order chi connectivity index (χ1) is 10.6. The topological polar surface area (TPSA) is 72.7 Å². The Labute approximate surface area is 140 Å². The van der Waals surface area contributed by atoms with Crippen molar-refractivity contribution in [1.29, 1.82) is 0 Å². The minimum atomic E-state index is -0.233. The normalized spacial score (nSPS) is 10.6. The van der Waals surface area contributed by atoms with Crippen LogP contribution >= 0.6 is 28.1 Å². The van der Waals surface area contributed by atoms with Crippen LogP contribution in [0, 0.1) is 0 Å². The van der Waals surface area contributed by atoms with E-state index < -0.39 is 0 Å². The van der Waals surface area contributed by atoms with Crippen molar-refractivity contribution in [1.82, 2.24) is 15.3 Å². The zero-order valence-corrected chi connectivity index (χ0v) is 13.8. The van der Waals surface area contributed by atoms with Crippen LogP contribution < -0.4 is 16.3 Å². The molecule has 0 radical (unpaired) electrons. The zero-order chi connectivity index (χ0) is 15.5. The molecule has 22 heavy (non-hydrogen) atoms. The lowest BCUT2D eigenvalue weighted by atomic mass is 10.2. The third-order valence-corrected chi connectivity index (χ3v) is 4.05. The van der Waals surface area contributed by atoms with Crippen molar-refractivity contribution in [2.24, 2.45) is 0 Å². The van der Waals surface area contributed by atoms with Gasteiger partial charge < -0.3 is 20.6 Å². The van der Waals surface area contributed by atoms with Crippen LogP contribution in [0.5, 0.6) is 0 Å². The summed E-state index contributed by atoms with van der Waals surface area (Å²) in [5.41, 5.74) is 3.17. The monoisotopic (exact) mass is 376 g/mol. The summed E-state index contributed by atoms with van der Waals surface area (Å²) < 4.78 is 0.819. The molecule has 0 fully saturated rings. The maximum atomic E-state index is 11.3. The number of hydrogen-bond donors (Lipinski definition) is 4. The Balaban J connectivity index is 1.71. The molecule has 0 saturated heterocycles. The predicted molar refractivity (Wildman–Crippen MR) is 96.1 cm³/mol. The highest BCUT2D eigenvalue weighted by atomic mass is 79.9. The smallest absolute Gasteiger partial charge is 0.323 e. The van der Waals surface area contributed by atoms with Gasteiger partial charge in [-0.2, -0.15) is 0 Å². The molecule has 2 aromatic carbocycles. The number of imidazole rings is 1. The molecule has 0 bridgehead atoms. The number of hydrogen-bond acceptors (Lipinski definition) is 2. The van der Waals surface area contributed by atoms with Gasteiger partial charge in [-0.1, -0.05) is 30.3 Å². The van der Waals surface area contributed by atoms with E-state index in [1.54, 1.807) is 0 Å².